The van der Waals surface area contributed by atoms with Crippen LogP contribution in [0.25, 0.3) is 0 Å². The van der Waals surface area contributed by atoms with Gasteiger partial charge >= 0.3 is 0 Å². The lowest BCUT2D eigenvalue weighted by Gasteiger charge is -2.13. The Morgan fingerprint density at radius 2 is 1.95 bits per heavy atom. The second-order valence-corrected chi connectivity index (χ2v) is 5.66. The van der Waals surface area contributed by atoms with Gasteiger partial charge in [0.15, 0.2) is 0 Å². The quantitative estimate of drug-likeness (QED) is 0.843. The van der Waals surface area contributed by atoms with E-state index in [4.69, 9.17) is 4.42 Å². The molecule has 112 valence electrons. The highest BCUT2D eigenvalue weighted by atomic mass is 79.9. The topological polar surface area (TPSA) is 79.6 Å². The summed E-state index contributed by atoms with van der Waals surface area (Å²) in [5.74, 6) is -0.750. The van der Waals surface area contributed by atoms with E-state index in [-0.39, 0.29) is 13.1 Å². The lowest BCUT2D eigenvalue weighted by Crippen LogP contribution is -2.40. The predicted molar refractivity (Wildman–Crippen MR) is 80.1 cm³/mol. The predicted octanol–water partition coefficient (Wildman–Crippen LogP) is 1.95. The lowest BCUT2D eigenvalue weighted by molar-refractivity contribution is -0.121. The van der Waals surface area contributed by atoms with Crippen molar-refractivity contribution in [1.29, 1.82) is 0 Å². The van der Waals surface area contributed by atoms with Crippen LogP contribution in [0.2, 0.25) is 0 Å². The summed E-state index contributed by atoms with van der Waals surface area (Å²) in [7, 11) is 0. The third-order valence-corrected chi connectivity index (χ3v) is 3.77. The number of fused-ring (bicyclic) bond motifs is 1. The molecule has 1 N–H and O–H groups in total. The third kappa shape index (κ3) is 2.67. The van der Waals surface area contributed by atoms with Gasteiger partial charge in [0, 0.05) is 4.47 Å². The van der Waals surface area contributed by atoms with E-state index in [1.807, 2.05) is 0 Å². The molecule has 3 rings (SSSR count). The van der Waals surface area contributed by atoms with Gasteiger partial charge in [0.05, 0.1) is 23.9 Å². The number of carbonyl (C=O) groups excluding carboxylic acids is 3. The molecule has 0 aliphatic carbocycles. The SMILES string of the molecule is O=C(CN1C(=O)c2ccc(Br)cc2C1=O)NCc1ccco1. The van der Waals surface area contributed by atoms with Crippen LogP contribution in [0, 0.1) is 0 Å². The zero-order valence-electron chi connectivity index (χ0n) is 11.3. The molecule has 3 amide bonds. The van der Waals surface area contributed by atoms with E-state index in [1.165, 1.54) is 6.26 Å². The summed E-state index contributed by atoms with van der Waals surface area (Å²) < 4.78 is 5.80. The standard InChI is InChI=1S/C15H11BrN2O4/c16-9-3-4-11-12(6-9)15(21)18(14(11)20)8-13(19)17-7-10-2-1-5-22-10/h1-6H,7-8H2,(H,17,19). The molecule has 1 aliphatic rings. The Balaban J connectivity index is 1.67. The van der Waals surface area contributed by atoms with E-state index in [9.17, 15) is 14.4 Å². The van der Waals surface area contributed by atoms with Crippen LogP contribution in [0.3, 0.4) is 0 Å². The van der Waals surface area contributed by atoms with Gasteiger partial charge in [-0.3, -0.25) is 19.3 Å². The maximum absolute atomic E-state index is 12.2. The van der Waals surface area contributed by atoms with Crippen molar-refractivity contribution in [2.45, 2.75) is 6.54 Å². The highest BCUT2D eigenvalue weighted by Crippen LogP contribution is 2.25. The lowest BCUT2D eigenvalue weighted by atomic mass is 10.1. The Morgan fingerprint density at radius 3 is 2.68 bits per heavy atom. The number of imide groups is 1. The molecular formula is C15H11BrN2O4. The van der Waals surface area contributed by atoms with Gasteiger partial charge in [0.25, 0.3) is 11.8 Å². The van der Waals surface area contributed by atoms with Gasteiger partial charge in [-0.05, 0) is 30.3 Å². The molecule has 0 fully saturated rings. The van der Waals surface area contributed by atoms with Gasteiger partial charge < -0.3 is 9.73 Å². The molecule has 7 heteroatoms. The minimum absolute atomic E-state index is 0.209. The first-order valence-electron chi connectivity index (χ1n) is 6.51. The molecule has 0 unspecified atom stereocenters. The van der Waals surface area contributed by atoms with Crippen LogP contribution in [0.15, 0.2) is 45.5 Å². The van der Waals surface area contributed by atoms with E-state index < -0.39 is 17.7 Å². The van der Waals surface area contributed by atoms with Crippen molar-refractivity contribution in [2.75, 3.05) is 6.54 Å². The van der Waals surface area contributed by atoms with Crippen molar-refractivity contribution < 1.29 is 18.8 Å². The Labute approximate surface area is 134 Å². The molecule has 0 atom stereocenters. The smallest absolute Gasteiger partial charge is 0.262 e. The van der Waals surface area contributed by atoms with Crippen LogP contribution < -0.4 is 5.32 Å². The van der Waals surface area contributed by atoms with E-state index in [0.717, 1.165) is 4.90 Å². The maximum Gasteiger partial charge on any atom is 0.262 e. The highest BCUT2D eigenvalue weighted by molar-refractivity contribution is 9.10. The van der Waals surface area contributed by atoms with Crippen LogP contribution in [0.4, 0.5) is 0 Å². The largest absolute Gasteiger partial charge is 0.467 e. The number of benzene rings is 1. The van der Waals surface area contributed by atoms with Gasteiger partial charge in [-0.1, -0.05) is 15.9 Å². The van der Waals surface area contributed by atoms with E-state index >= 15 is 0 Å². The number of rotatable bonds is 4. The number of nitrogens with one attached hydrogen (secondary N) is 1. The molecule has 0 saturated carbocycles. The van der Waals surface area contributed by atoms with Crippen LogP contribution in [-0.2, 0) is 11.3 Å². The number of carbonyl (C=O) groups is 3. The van der Waals surface area contributed by atoms with Crippen molar-refractivity contribution in [2.24, 2.45) is 0 Å². The van der Waals surface area contributed by atoms with E-state index in [1.54, 1.807) is 30.3 Å². The Morgan fingerprint density at radius 1 is 1.18 bits per heavy atom. The van der Waals surface area contributed by atoms with E-state index in [0.29, 0.717) is 21.4 Å². The minimum Gasteiger partial charge on any atom is -0.467 e. The second-order valence-electron chi connectivity index (χ2n) is 4.74. The Bertz CT molecular complexity index is 755. The summed E-state index contributed by atoms with van der Waals surface area (Å²) in [6, 6.07) is 8.27. The molecule has 1 aromatic carbocycles. The van der Waals surface area contributed by atoms with Crippen LogP contribution in [0.5, 0.6) is 0 Å². The molecule has 2 aromatic rings. The van der Waals surface area contributed by atoms with Gasteiger partial charge in [-0.25, -0.2) is 0 Å². The molecule has 22 heavy (non-hydrogen) atoms. The first-order chi connectivity index (χ1) is 10.6. The molecular weight excluding hydrogens is 352 g/mol. The zero-order chi connectivity index (χ0) is 15.7. The number of nitrogens with zero attached hydrogens (tertiary/aromatic N) is 1. The molecule has 6 nitrogen and oxygen atoms in total. The van der Waals surface area contributed by atoms with E-state index in [2.05, 4.69) is 21.2 Å². The number of furan rings is 1. The van der Waals surface area contributed by atoms with Crippen LogP contribution in [-0.4, -0.2) is 29.2 Å². The van der Waals surface area contributed by atoms with Gasteiger partial charge in [-0.15, -0.1) is 0 Å². The van der Waals surface area contributed by atoms with Crippen molar-refractivity contribution in [1.82, 2.24) is 10.2 Å². The van der Waals surface area contributed by atoms with Gasteiger partial charge in [0.2, 0.25) is 5.91 Å². The van der Waals surface area contributed by atoms with Gasteiger partial charge in [0.1, 0.15) is 12.3 Å². The van der Waals surface area contributed by atoms with Crippen molar-refractivity contribution in [3.8, 4) is 0 Å². The summed E-state index contributed by atoms with van der Waals surface area (Å²) in [4.78, 5) is 37.2. The minimum atomic E-state index is -0.463. The number of amides is 3. The Kier molecular flexibility index (Phi) is 3.81. The summed E-state index contributed by atoms with van der Waals surface area (Å²) in [6.45, 7) is -0.106. The summed E-state index contributed by atoms with van der Waals surface area (Å²) >= 11 is 3.26. The summed E-state index contributed by atoms with van der Waals surface area (Å²) in [5, 5.41) is 2.60. The maximum atomic E-state index is 12.2. The van der Waals surface area contributed by atoms with Crippen molar-refractivity contribution >= 4 is 33.7 Å². The molecule has 0 radical (unpaired) electrons. The fourth-order valence-corrected chi connectivity index (χ4v) is 2.57. The molecule has 1 aromatic heterocycles. The normalized spacial score (nSPS) is 13.4. The third-order valence-electron chi connectivity index (χ3n) is 3.27. The second kappa shape index (κ2) is 5.76. The molecule has 0 spiro atoms. The average Bonchev–Trinajstić information content (AvgIpc) is 3.09. The van der Waals surface area contributed by atoms with Crippen LogP contribution in [0.1, 0.15) is 26.5 Å². The average molecular weight is 363 g/mol. The number of hydrogen-bond acceptors (Lipinski definition) is 4. The van der Waals surface area contributed by atoms with Crippen molar-refractivity contribution in [3.05, 3.63) is 58.0 Å². The van der Waals surface area contributed by atoms with Crippen molar-refractivity contribution in [3.63, 3.8) is 0 Å². The summed E-state index contributed by atoms with van der Waals surface area (Å²) in [5.41, 5.74) is 0.616. The number of hydrogen-bond donors (Lipinski definition) is 1. The van der Waals surface area contributed by atoms with Gasteiger partial charge in [-0.2, -0.15) is 0 Å². The molecule has 1 aliphatic heterocycles. The summed E-state index contributed by atoms with van der Waals surface area (Å²) in [6.07, 6.45) is 1.50. The molecule has 2 heterocycles. The monoisotopic (exact) mass is 362 g/mol. The first kappa shape index (κ1) is 14.5. The number of halogens is 1. The van der Waals surface area contributed by atoms with Crippen LogP contribution >= 0.6 is 15.9 Å². The Hall–Kier alpha value is -2.41. The fourth-order valence-electron chi connectivity index (χ4n) is 2.20. The molecule has 0 bridgehead atoms. The zero-order valence-corrected chi connectivity index (χ0v) is 12.9. The highest BCUT2D eigenvalue weighted by Gasteiger charge is 2.36. The fraction of sp³-hybridized carbons (Fsp3) is 0.133. The first-order valence-corrected chi connectivity index (χ1v) is 7.30. The molecule has 0 saturated heterocycles.